The number of nitrogens with two attached hydrogens (primary N) is 1. The number of fused-ring (bicyclic) bond motifs is 2. The molecule has 0 fully saturated rings. The summed E-state index contributed by atoms with van der Waals surface area (Å²) in [5.41, 5.74) is 17.0. The number of anilines is 1. The highest BCUT2D eigenvalue weighted by atomic mass is 19.4. The Kier molecular flexibility index (Phi) is 10.4. The van der Waals surface area contributed by atoms with Gasteiger partial charge in [0.25, 0.3) is 11.8 Å². The SMILES string of the molecule is CCCNNC(=O)c1ccc(CNC(=O)c2ccccc2-c2c3ccc(=N)cc-3oc3cc(N)ccc23)cc1.O=C(O)C(F)(F)F. The van der Waals surface area contributed by atoms with Crippen LogP contribution in [0.4, 0.5) is 18.9 Å². The molecule has 1 heterocycles. The van der Waals surface area contributed by atoms with Gasteiger partial charge in [0, 0.05) is 58.5 Å². The lowest BCUT2D eigenvalue weighted by atomic mass is 9.90. The maximum absolute atomic E-state index is 13.5. The molecule has 238 valence electrons. The molecule has 0 saturated heterocycles. The number of hydrogen-bond donors (Lipinski definition) is 6. The molecular formula is C33H30F3N5O5. The van der Waals surface area contributed by atoms with Gasteiger partial charge >= 0.3 is 12.1 Å². The lowest BCUT2D eigenvalue weighted by molar-refractivity contribution is -0.192. The third-order valence-electron chi connectivity index (χ3n) is 6.68. The normalized spacial score (nSPS) is 11.0. The van der Waals surface area contributed by atoms with Crippen molar-refractivity contribution in [2.24, 2.45) is 0 Å². The number of carboxylic acid groups (broad SMARTS) is 1. The van der Waals surface area contributed by atoms with Crippen molar-refractivity contribution in [2.45, 2.75) is 26.1 Å². The van der Waals surface area contributed by atoms with E-state index in [0.717, 1.165) is 34.1 Å². The highest BCUT2D eigenvalue weighted by molar-refractivity contribution is 6.09. The van der Waals surface area contributed by atoms with Crippen molar-refractivity contribution in [3.8, 4) is 22.5 Å². The zero-order valence-corrected chi connectivity index (χ0v) is 24.5. The van der Waals surface area contributed by atoms with Crippen LogP contribution in [-0.2, 0) is 11.3 Å². The quantitative estimate of drug-likeness (QED) is 0.0569. The molecule has 0 saturated carbocycles. The molecule has 2 aliphatic rings. The average molecular weight is 634 g/mol. The van der Waals surface area contributed by atoms with E-state index in [1.807, 2.05) is 49.4 Å². The fraction of sp³-hybridized carbons (Fsp3) is 0.152. The van der Waals surface area contributed by atoms with Crippen LogP contribution in [0.25, 0.3) is 33.4 Å². The summed E-state index contributed by atoms with van der Waals surface area (Å²) in [5, 5.41) is 19.3. The number of aliphatic carboxylic acids is 1. The van der Waals surface area contributed by atoms with Gasteiger partial charge in [0.15, 0.2) is 0 Å². The fourth-order valence-electron chi connectivity index (χ4n) is 4.49. The van der Waals surface area contributed by atoms with Crippen molar-refractivity contribution in [2.75, 3.05) is 12.3 Å². The minimum Gasteiger partial charge on any atom is -0.475 e. The van der Waals surface area contributed by atoms with Gasteiger partial charge in [-0.05, 0) is 60.0 Å². The maximum Gasteiger partial charge on any atom is 0.490 e. The summed E-state index contributed by atoms with van der Waals surface area (Å²) < 4.78 is 37.8. The van der Waals surface area contributed by atoms with Gasteiger partial charge in [0.05, 0.1) is 5.36 Å². The van der Waals surface area contributed by atoms with Gasteiger partial charge in [0.1, 0.15) is 11.3 Å². The number of carbonyl (C=O) groups excluding carboxylic acids is 2. The predicted molar refractivity (Wildman–Crippen MR) is 166 cm³/mol. The van der Waals surface area contributed by atoms with E-state index in [-0.39, 0.29) is 11.8 Å². The van der Waals surface area contributed by atoms with Crippen molar-refractivity contribution in [1.29, 1.82) is 5.41 Å². The van der Waals surface area contributed by atoms with E-state index in [0.29, 0.717) is 46.6 Å². The van der Waals surface area contributed by atoms with E-state index < -0.39 is 12.1 Å². The largest absolute Gasteiger partial charge is 0.490 e. The van der Waals surface area contributed by atoms with Crippen LogP contribution in [0, 0.1) is 5.41 Å². The lowest BCUT2D eigenvalue weighted by Crippen LogP contribution is -2.37. The first-order chi connectivity index (χ1) is 21.9. The smallest absolute Gasteiger partial charge is 0.475 e. The van der Waals surface area contributed by atoms with E-state index in [1.54, 1.807) is 42.5 Å². The molecular weight excluding hydrogens is 603 g/mol. The number of rotatable bonds is 8. The third kappa shape index (κ3) is 8.07. The molecule has 10 nitrogen and oxygen atoms in total. The lowest BCUT2D eigenvalue weighted by Gasteiger charge is -2.18. The topological polar surface area (TPSA) is 171 Å². The average Bonchev–Trinajstić information content (AvgIpc) is 3.02. The summed E-state index contributed by atoms with van der Waals surface area (Å²) in [4.78, 5) is 34.6. The standard InChI is InChI=1S/C31H29N5O3.C2HF3O2/c1-2-15-35-36-30(37)20-9-7-19(8-10-20)18-34-31(38)24-6-4-3-5-23(24)29-25-13-11-21(32)16-27(25)39-28-17-22(33)12-14-26(28)29;3-2(4,5)1(6)7/h3-14,16-17,32,35H,2,15,18,33H2,1H3,(H,34,38)(H,36,37);(H,6,7). The summed E-state index contributed by atoms with van der Waals surface area (Å²) in [5.74, 6) is -2.65. The van der Waals surface area contributed by atoms with Gasteiger partial charge in [0.2, 0.25) is 0 Å². The van der Waals surface area contributed by atoms with Crippen LogP contribution in [0.15, 0.2) is 89.3 Å². The van der Waals surface area contributed by atoms with E-state index in [2.05, 4.69) is 16.2 Å². The summed E-state index contributed by atoms with van der Waals surface area (Å²) in [7, 11) is 0. The van der Waals surface area contributed by atoms with Crippen LogP contribution < -0.4 is 27.3 Å². The van der Waals surface area contributed by atoms with Crippen LogP contribution in [0.5, 0.6) is 0 Å². The number of halogens is 3. The zero-order chi connectivity index (χ0) is 33.4. The summed E-state index contributed by atoms with van der Waals surface area (Å²) in [6, 6.07) is 25.2. The Labute approximate surface area is 260 Å². The number of carboxylic acids is 1. The number of alkyl halides is 3. The molecule has 2 amide bonds. The predicted octanol–water partition coefficient (Wildman–Crippen LogP) is 5.47. The molecule has 0 bridgehead atoms. The Morgan fingerprint density at radius 3 is 2.28 bits per heavy atom. The van der Waals surface area contributed by atoms with Crippen LogP contribution in [-0.4, -0.2) is 35.6 Å². The van der Waals surface area contributed by atoms with Crippen molar-refractivity contribution in [3.63, 3.8) is 0 Å². The van der Waals surface area contributed by atoms with Crippen molar-refractivity contribution in [3.05, 3.63) is 107 Å². The number of amides is 2. The third-order valence-corrected chi connectivity index (χ3v) is 6.68. The Morgan fingerprint density at radius 1 is 0.913 bits per heavy atom. The second-order valence-corrected chi connectivity index (χ2v) is 10.1. The number of nitrogens with one attached hydrogen (secondary N) is 4. The van der Waals surface area contributed by atoms with Crippen LogP contribution >= 0.6 is 0 Å². The van der Waals surface area contributed by atoms with Crippen LogP contribution in [0.1, 0.15) is 39.6 Å². The van der Waals surface area contributed by atoms with Crippen LogP contribution in [0.2, 0.25) is 0 Å². The van der Waals surface area contributed by atoms with Crippen molar-refractivity contribution >= 4 is 34.4 Å². The zero-order valence-electron chi connectivity index (χ0n) is 24.5. The first-order valence-electron chi connectivity index (χ1n) is 14.0. The molecule has 7 N–H and O–H groups in total. The second kappa shape index (κ2) is 14.4. The van der Waals surface area contributed by atoms with Gasteiger partial charge in [-0.3, -0.25) is 15.0 Å². The Morgan fingerprint density at radius 2 is 1.61 bits per heavy atom. The second-order valence-electron chi connectivity index (χ2n) is 10.1. The monoisotopic (exact) mass is 633 g/mol. The first-order valence-corrected chi connectivity index (χ1v) is 14.0. The van der Waals surface area contributed by atoms with Crippen LogP contribution in [0.3, 0.4) is 0 Å². The van der Waals surface area contributed by atoms with Crippen molar-refractivity contribution in [1.82, 2.24) is 16.2 Å². The Bertz CT molecular complexity index is 1910. The summed E-state index contributed by atoms with van der Waals surface area (Å²) >= 11 is 0. The van der Waals surface area contributed by atoms with Crippen molar-refractivity contribution < 1.29 is 37.1 Å². The number of hydrazine groups is 1. The molecule has 5 rings (SSSR count). The highest BCUT2D eigenvalue weighted by Gasteiger charge is 2.38. The fourth-order valence-corrected chi connectivity index (χ4v) is 4.49. The minimum atomic E-state index is -5.08. The highest BCUT2D eigenvalue weighted by Crippen LogP contribution is 2.41. The molecule has 0 unspecified atom stereocenters. The van der Waals surface area contributed by atoms with Gasteiger partial charge in [-0.1, -0.05) is 37.3 Å². The Balaban J connectivity index is 0.000000617. The Hall–Kier alpha value is -5.69. The molecule has 3 aromatic carbocycles. The molecule has 0 radical (unpaired) electrons. The molecule has 0 atom stereocenters. The van der Waals surface area contributed by atoms with E-state index in [4.69, 9.17) is 25.5 Å². The maximum atomic E-state index is 13.5. The number of carbonyl (C=O) groups is 3. The van der Waals surface area contributed by atoms with E-state index >= 15 is 0 Å². The molecule has 1 aliphatic heterocycles. The molecule has 3 aromatic rings. The number of benzene rings is 4. The number of hydrogen-bond acceptors (Lipinski definition) is 7. The summed E-state index contributed by atoms with van der Waals surface area (Å²) in [6.45, 7) is 3.01. The van der Waals surface area contributed by atoms with Gasteiger partial charge in [-0.15, -0.1) is 0 Å². The number of nitrogen functional groups attached to an aromatic ring is 1. The first kappa shape index (κ1) is 33.2. The van der Waals surface area contributed by atoms with Gasteiger partial charge in [-0.2, -0.15) is 13.2 Å². The van der Waals surface area contributed by atoms with Gasteiger partial charge in [-0.25, -0.2) is 10.2 Å². The molecule has 13 heteroatoms. The minimum absolute atomic E-state index is 0.207. The van der Waals surface area contributed by atoms with E-state index in [1.165, 1.54) is 0 Å². The summed E-state index contributed by atoms with van der Waals surface area (Å²) in [6.07, 6.45) is -4.17. The molecule has 0 spiro atoms. The van der Waals surface area contributed by atoms with E-state index in [9.17, 15) is 22.8 Å². The molecule has 46 heavy (non-hydrogen) atoms. The molecule has 0 aromatic heterocycles. The van der Waals surface area contributed by atoms with Gasteiger partial charge < -0.3 is 26.0 Å². The molecule has 1 aliphatic carbocycles.